The predicted molar refractivity (Wildman–Crippen MR) is 147 cm³/mol. The van der Waals surface area contributed by atoms with E-state index in [1.165, 1.54) is 11.8 Å². The Hall–Kier alpha value is -2.62. The summed E-state index contributed by atoms with van der Waals surface area (Å²) in [7, 11) is 0. The fourth-order valence-electron chi connectivity index (χ4n) is 3.79. The minimum atomic E-state index is -0.486. The number of carbonyl (C=O) groups excluding carboxylic acids is 1. The molecule has 2 aliphatic rings. The SMILES string of the molecule is C=C/C(S)=C\C=C(C)C.CC.CCC1CC2(CC1C(N)=O)OCCO2.Nc1cnc2[nH]ccc2n1. The number of nitrogens with two attached hydrogens (primary N) is 2. The third-order valence-electron chi connectivity index (χ3n) is 5.45. The molecular formula is C26H41N5O3S. The molecule has 0 bridgehead atoms. The highest BCUT2D eigenvalue weighted by atomic mass is 32.1. The van der Waals surface area contributed by atoms with Crippen LogP contribution < -0.4 is 11.5 Å². The number of ether oxygens (including phenoxy) is 2. The lowest BCUT2D eigenvalue weighted by molar-refractivity contribution is -0.156. The maximum atomic E-state index is 11.2. The molecule has 2 atom stereocenters. The first kappa shape index (κ1) is 30.4. The van der Waals surface area contributed by atoms with Gasteiger partial charge in [-0.2, -0.15) is 0 Å². The molecule has 1 saturated heterocycles. The second-order valence-corrected chi connectivity index (χ2v) is 8.76. The first-order chi connectivity index (χ1) is 16.7. The van der Waals surface area contributed by atoms with Gasteiger partial charge in [0.05, 0.1) is 19.4 Å². The molecule has 9 heteroatoms. The predicted octanol–water partition coefficient (Wildman–Crippen LogP) is 5.17. The lowest BCUT2D eigenvalue weighted by Gasteiger charge is -2.21. The van der Waals surface area contributed by atoms with Gasteiger partial charge in [-0.05, 0) is 31.9 Å². The van der Waals surface area contributed by atoms with E-state index in [2.05, 4.69) is 41.1 Å². The number of H-pyrrole nitrogens is 1. The molecule has 1 amide bonds. The molecule has 2 aromatic heterocycles. The molecule has 8 nitrogen and oxygen atoms in total. The largest absolute Gasteiger partial charge is 0.382 e. The number of primary amides is 1. The Bertz CT molecular complexity index is 992. The summed E-state index contributed by atoms with van der Waals surface area (Å²) in [6.45, 7) is 15.0. The first-order valence-corrected chi connectivity index (χ1v) is 12.4. The number of amides is 1. The highest BCUT2D eigenvalue weighted by molar-refractivity contribution is 7.84. The molecule has 4 rings (SSSR count). The summed E-state index contributed by atoms with van der Waals surface area (Å²) in [6, 6.07) is 1.83. The molecule has 3 heterocycles. The topological polar surface area (TPSA) is 129 Å². The van der Waals surface area contributed by atoms with Crippen LogP contribution in [-0.4, -0.2) is 39.9 Å². The van der Waals surface area contributed by atoms with E-state index in [1.54, 1.807) is 12.3 Å². The molecule has 2 aromatic rings. The number of allylic oxidation sites excluding steroid dienone is 4. The van der Waals surface area contributed by atoms with E-state index in [0.29, 0.717) is 31.4 Å². The van der Waals surface area contributed by atoms with Crippen LogP contribution in [0.25, 0.3) is 11.2 Å². The van der Waals surface area contributed by atoms with Crippen molar-refractivity contribution in [3.63, 3.8) is 0 Å². The van der Waals surface area contributed by atoms with E-state index in [1.807, 2.05) is 45.9 Å². The van der Waals surface area contributed by atoms with Crippen molar-refractivity contribution in [1.29, 1.82) is 0 Å². The highest BCUT2D eigenvalue weighted by Crippen LogP contribution is 2.45. The Morgan fingerprint density at radius 2 is 1.94 bits per heavy atom. The second-order valence-electron chi connectivity index (χ2n) is 8.24. The average molecular weight is 504 g/mol. The summed E-state index contributed by atoms with van der Waals surface area (Å²) in [5, 5.41) is 0. The minimum Gasteiger partial charge on any atom is -0.382 e. The van der Waals surface area contributed by atoms with E-state index in [9.17, 15) is 4.79 Å². The molecule has 2 fully saturated rings. The number of anilines is 1. The molecule has 1 aliphatic carbocycles. The van der Waals surface area contributed by atoms with Crippen molar-refractivity contribution >= 4 is 35.5 Å². The van der Waals surface area contributed by atoms with E-state index in [-0.39, 0.29) is 11.8 Å². The van der Waals surface area contributed by atoms with Crippen molar-refractivity contribution in [2.45, 2.75) is 59.7 Å². The van der Waals surface area contributed by atoms with Crippen LogP contribution in [0.15, 0.2) is 53.7 Å². The van der Waals surface area contributed by atoms with Gasteiger partial charge in [-0.15, -0.1) is 12.6 Å². The van der Waals surface area contributed by atoms with Gasteiger partial charge in [0.1, 0.15) is 11.3 Å². The zero-order valence-corrected chi connectivity index (χ0v) is 22.5. The smallest absolute Gasteiger partial charge is 0.221 e. The number of nitrogens with zero attached hydrogens (tertiary/aromatic N) is 2. The monoisotopic (exact) mass is 503 g/mol. The summed E-state index contributed by atoms with van der Waals surface area (Å²) >= 11 is 4.10. The molecule has 0 radical (unpaired) electrons. The molecule has 35 heavy (non-hydrogen) atoms. The Balaban J connectivity index is 0.000000261. The quantitative estimate of drug-likeness (QED) is 0.336. The van der Waals surface area contributed by atoms with Crippen molar-refractivity contribution in [3.8, 4) is 0 Å². The lowest BCUT2D eigenvalue weighted by Crippen LogP contribution is -2.29. The van der Waals surface area contributed by atoms with Crippen molar-refractivity contribution in [1.82, 2.24) is 15.0 Å². The number of nitrogen functional groups attached to an aromatic ring is 1. The number of rotatable bonds is 4. The maximum absolute atomic E-state index is 11.2. The molecule has 1 spiro atoms. The number of hydrogen-bond acceptors (Lipinski definition) is 7. The number of thiol groups is 1. The van der Waals surface area contributed by atoms with Crippen LogP contribution in [0.3, 0.4) is 0 Å². The fourth-order valence-corrected chi connectivity index (χ4v) is 3.86. The summed E-state index contributed by atoms with van der Waals surface area (Å²) < 4.78 is 11.2. The third-order valence-corrected chi connectivity index (χ3v) is 5.78. The van der Waals surface area contributed by atoms with Gasteiger partial charge in [0.15, 0.2) is 11.4 Å². The van der Waals surface area contributed by atoms with Crippen LogP contribution >= 0.6 is 12.6 Å². The zero-order valence-electron chi connectivity index (χ0n) is 21.6. The minimum absolute atomic E-state index is 0.0712. The van der Waals surface area contributed by atoms with Crippen molar-refractivity contribution in [3.05, 3.63) is 53.7 Å². The Morgan fingerprint density at radius 3 is 2.46 bits per heavy atom. The van der Waals surface area contributed by atoms with Gasteiger partial charge in [0.2, 0.25) is 5.91 Å². The van der Waals surface area contributed by atoms with Gasteiger partial charge in [0.25, 0.3) is 0 Å². The normalized spacial score (nSPS) is 20.0. The number of aromatic amines is 1. The van der Waals surface area contributed by atoms with Crippen molar-refractivity contribution in [2.24, 2.45) is 17.6 Å². The zero-order chi connectivity index (χ0) is 26.4. The van der Waals surface area contributed by atoms with Crippen molar-refractivity contribution in [2.75, 3.05) is 18.9 Å². The molecule has 2 unspecified atom stereocenters. The average Bonchev–Trinajstić information content (AvgIpc) is 3.59. The van der Waals surface area contributed by atoms with E-state index < -0.39 is 5.79 Å². The van der Waals surface area contributed by atoms with E-state index >= 15 is 0 Å². The second kappa shape index (κ2) is 15.4. The van der Waals surface area contributed by atoms with Crippen LogP contribution in [0.2, 0.25) is 0 Å². The van der Waals surface area contributed by atoms with Crippen LogP contribution in [0.1, 0.15) is 53.9 Å². The van der Waals surface area contributed by atoms with E-state index in [4.69, 9.17) is 20.9 Å². The van der Waals surface area contributed by atoms with Gasteiger partial charge in [-0.1, -0.05) is 51.5 Å². The Kier molecular flexibility index (Phi) is 13.4. The number of fused-ring (bicyclic) bond motifs is 1. The van der Waals surface area contributed by atoms with Gasteiger partial charge in [-0.3, -0.25) is 4.79 Å². The molecule has 0 aromatic carbocycles. The van der Waals surface area contributed by atoms with E-state index in [0.717, 1.165) is 28.9 Å². The summed E-state index contributed by atoms with van der Waals surface area (Å²) in [4.78, 5) is 23.1. The van der Waals surface area contributed by atoms with Crippen LogP contribution in [-0.2, 0) is 14.3 Å². The third kappa shape index (κ3) is 9.87. The van der Waals surface area contributed by atoms with Gasteiger partial charge < -0.3 is 25.9 Å². The Labute approximate surface area is 214 Å². The standard InChI is InChI=1S/C10H17NO3.C8H12S.C6H6N4.C2H6/c1-2-7-5-10(13-3-4-14-10)6-8(7)9(11)12;1-4-8(9)6-5-7(2)3;7-5-3-9-6-4(10-5)1-2-8-6;1-2/h7-8H,2-6H2,1H3,(H2,11,12);4-6,9H,1H2,2-3H3;1-3H,(H2,7,10)(H,8,9);1-2H3/b;8-6+;;. The van der Waals surface area contributed by atoms with Gasteiger partial charge in [-0.25, -0.2) is 9.97 Å². The van der Waals surface area contributed by atoms with Crippen LogP contribution in [0.5, 0.6) is 0 Å². The summed E-state index contributed by atoms with van der Waals surface area (Å²) in [6.07, 6.45) is 11.4. The van der Waals surface area contributed by atoms with Gasteiger partial charge >= 0.3 is 0 Å². The molecule has 1 aliphatic heterocycles. The summed E-state index contributed by atoms with van der Waals surface area (Å²) in [5.74, 6) is 0.00373. The number of carbonyl (C=O) groups is 1. The number of nitrogens with one attached hydrogen (secondary N) is 1. The number of aromatic nitrogens is 3. The molecular weight excluding hydrogens is 462 g/mol. The molecule has 5 N–H and O–H groups in total. The first-order valence-electron chi connectivity index (χ1n) is 12.0. The van der Waals surface area contributed by atoms with Gasteiger partial charge in [0, 0.05) is 29.9 Å². The van der Waals surface area contributed by atoms with Crippen molar-refractivity contribution < 1.29 is 14.3 Å². The molecule has 1 saturated carbocycles. The number of hydrogen-bond donors (Lipinski definition) is 4. The summed E-state index contributed by atoms with van der Waals surface area (Å²) in [5.41, 5.74) is 13.6. The molecule has 194 valence electrons. The maximum Gasteiger partial charge on any atom is 0.221 e. The highest BCUT2D eigenvalue weighted by Gasteiger charge is 2.50. The lowest BCUT2D eigenvalue weighted by atomic mass is 9.93. The Morgan fingerprint density at radius 1 is 1.29 bits per heavy atom. The fraction of sp³-hybridized carbons (Fsp3) is 0.500. The van der Waals surface area contributed by atoms with Crippen LogP contribution in [0, 0.1) is 11.8 Å². The van der Waals surface area contributed by atoms with Crippen LogP contribution in [0.4, 0.5) is 5.82 Å².